The molecule has 5 nitrogen and oxygen atoms in total. The summed E-state index contributed by atoms with van der Waals surface area (Å²) in [6.07, 6.45) is 1.09. The molecule has 2 rings (SSSR count). The van der Waals surface area contributed by atoms with Crippen LogP contribution in [0.15, 0.2) is 71.5 Å². The molecule has 0 radical (unpaired) electrons. The molecule has 140 valence electrons. The standard InChI is InChI=1S/C22H24N2O3/c1-15-10-12-17(13-11-15)20(16-8-6-5-7-9-16)24-23-18(21(26)27)14-19(25)22(2,3)4/h5-14,23H,1-4H3,(H,26,27). The number of carbonyl (C=O) groups excluding carboxylic acids is 1. The zero-order valence-corrected chi connectivity index (χ0v) is 16.0. The van der Waals surface area contributed by atoms with E-state index in [-0.39, 0.29) is 11.5 Å². The fraction of sp³-hybridized carbons (Fsp3) is 0.227. The third kappa shape index (κ3) is 5.64. The predicted molar refractivity (Wildman–Crippen MR) is 107 cm³/mol. The highest BCUT2D eigenvalue weighted by Gasteiger charge is 2.21. The Morgan fingerprint density at radius 1 is 0.963 bits per heavy atom. The van der Waals surface area contributed by atoms with E-state index in [9.17, 15) is 14.7 Å². The fourth-order valence-electron chi connectivity index (χ4n) is 2.21. The van der Waals surface area contributed by atoms with Crippen molar-refractivity contribution in [2.75, 3.05) is 0 Å². The minimum absolute atomic E-state index is 0.268. The number of carbonyl (C=O) groups is 2. The summed E-state index contributed by atoms with van der Waals surface area (Å²) in [5, 5.41) is 13.7. The van der Waals surface area contributed by atoms with Gasteiger partial charge in [0.1, 0.15) is 5.70 Å². The zero-order valence-electron chi connectivity index (χ0n) is 16.0. The number of hydrogen-bond donors (Lipinski definition) is 2. The van der Waals surface area contributed by atoms with Gasteiger partial charge in [-0.05, 0) is 6.92 Å². The summed E-state index contributed by atoms with van der Waals surface area (Å²) in [5.74, 6) is -1.54. The Labute approximate surface area is 159 Å². The number of rotatable bonds is 6. The van der Waals surface area contributed by atoms with Crippen LogP contribution < -0.4 is 5.43 Å². The SMILES string of the molecule is Cc1ccc(C(=NNC(=CC(=O)C(C)(C)C)C(=O)O)c2ccccc2)cc1. The Hall–Kier alpha value is -3.21. The highest BCUT2D eigenvalue weighted by molar-refractivity contribution is 6.13. The van der Waals surface area contributed by atoms with Crippen molar-refractivity contribution < 1.29 is 14.7 Å². The van der Waals surface area contributed by atoms with E-state index in [4.69, 9.17) is 0 Å². The van der Waals surface area contributed by atoms with Gasteiger partial charge in [-0.2, -0.15) is 5.10 Å². The Balaban J connectivity index is 2.44. The van der Waals surface area contributed by atoms with Crippen molar-refractivity contribution >= 4 is 17.5 Å². The van der Waals surface area contributed by atoms with Gasteiger partial charge in [0.25, 0.3) is 0 Å². The lowest BCUT2D eigenvalue weighted by Gasteiger charge is -2.14. The maximum Gasteiger partial charge on any atom is 0.353 e. The molecule has 0 fully saturated rings. The number of hydrogen-bond acceptors (Lipinski definition) is 4. The molecular weight excluding hydrogens is 340 g/mol. The molecule has 5 heteroatoms. The van der Waals surface area contributed by atoms with Crippen LogP contribution in [0.5, 0.6) is 0 Å². The van der Waals surface area contributed by atoms with Gasteiger partial charge in [-0.1, -0.05) is 80.9 Å². The summed E-state index contributed by atoms with van der Waals surface area (Å²) in [4.78, 5) is 23.7. The summed E-state index contributed by atoms with van der Waals surface area (Å²) in [7, 11) is 0. The first-order valence-corrected chi connectivity index (χ1v) is 8.64. The van der Waals surface area contributed by atoms with Crippen LogP contribution in [0, 0.1) is 12.3 Å². The van der Waals surface area contributed by atoms with E-state index in [0.29, 0.717) is 5.71 Å². The Morgan fingerprint density at radius 3 is 2.04 bits per heavy atom. The number of hydrazone groups is 1. The summed E-state index contributed by atoms with van der Waals surface area (Å²) in [6, 6.07) is 17.2. The minimum Gasteiger partial charge on any atom is -0.477 e. The van der Waals surface area contributed by atoms with E-state index in [0.717, 1.165) is 22.8 Å². The van der Waals surface area contributed by atoms with Crippen LogP contribution in [-0.4, -0.2) is 22.6 Å². The summed E-state index contributed by atoms with van der Waals surface area (Å²) in [6.45, 7) is 7.19. The lowest BCUT2D eigenvalue weighted by Crippen LogP contribution is -2.23. The second-order valence-electron chi connectivity index (χ2n) is 7.28. The maximum atomic E-state index is 12.2. The van der Waals surface area contributed by atoms with Gasteiger partial charge in [-0.15, -0.1) is 0 Å². The summed E-state index contributed by atoms with van der Waals surface area (Å²) < 4.78 is 0. The van der Waals surface area contributed by atoms with E-state index in [2.05, 4.69) is 10.5 Å². The molecular formula is C22H24N2O3. The van der Waals surface area contributed by atoms with E-state index in [1.807, 2.05) is 61.5 Å². The quantitative estimate of drug-likeness (QED) is 0.463. The molecule has 0 unspecified atom stereocenters. The number of benzene rings is 2. The average molecular weight is 364 g/mol. The summed E-state index contributed by atoms with van der Waals surface area (Å²) >= 11 is 0. The first-order chi connectivity index (χ1) is 12.7. The van der Waals surface area contributed by atoms with Gasteiger partial charge in [-0.25, -0.2) is 4.79 Å². The monoisotopic (exact) mass is 364 g/mol. The van der Waals surface area contributed by atoms with Gasteiger partial charge < -0.3 is 5.11 Å². The van der Waals surface area contributed by atoms with E-state index in [1.54, 1.807) is 20.8 Å². The Morgan fingerprint density at radius 2 is 1.52 bits per heavy atom. The Bertz CT molecular complexity index is 874. The number of carboxylic acids is 1. The van der Waals surface area contributed by atoms with Crippen LogP contribution in [0.2, 0.25) is 0 Å². The van der Waals surface area contributed by atoms with Gasteiger partial charge in [0.15, 0.2) is 5.78 Å². The van der Waals surface area contributed by atoms with Gasteiger partial charge in [-0.3, -0.25) is 10.2 Å². The van der Waals surface area contributed by atoms with E-state index >= 15 is 0 Å². The first-order valence-electron chi connectivity index (χ1n) is 8.64. The molecule has 2 N–H and O–H groups in total. The molecule has 0 spiro atoms. The number of allylic oxidation sites excluding steroid dienone is 1. The second-order valence-corrected chi connectivity index (χ2v) is 7.28. The van der Waals surface area contributed by atoms with Crippen molar-refractivity contribution in [1.82, 2.24) is 5.43 Å². The molecule has 2 aromatic carbocycles. The third-order valence-electron chi connectivity index (χ3n) is 3.91. The van der Waals surface area contributed by atoms with E-state index < -0.39 is 11.4 Å². The van der Waals surface area contributed by atoms with Crippen LogP contribution in [0.3, 0.4) is 0 Å². The zero-order chi connectivity index (χ0) is 20.0. The summed E-state index contributed by atoms with van der Waals surface area (Å²) in [5.41, 5.74) is 4.99. The molecule has 27 heavy (non-hydrogen) atoms. The van der Waals surface area contributed by atoms with Crippen molar-refractivity contribution in [3.8, 4) is 0 Å². The normalized spacial score (nSPS) is 12.6. The number of aliphatic carboxylic acids is 1. The van der Waals surface area contributed by atoms with Crippen molar-refractivity contribution in [1.29, 1.82) is 0 Å². The number of nitrogens with one attached hydrogen (secondary N) is 1. The van der Waals surface area contributed by atoms with Crippen molar-refractivity contribution in [3.05, 3.63) is 83.1 Å². The lowest BCUT2D eigenvalue weighted by molar-refractivity contribution is -0.133. The molecule has 0 aromatic heterocycles. The van der Waals surface area contributed by atoms with Crippen LogP contribution in [-0.2, 0) is 9.59 Å². The molecule has 2 aromatic rings. The van der Waals surface area contributed by atoms with Crippen LogP contribution >= 0.6 is 0 Å². The number of aryl methyl sites for hydroxylation is 1. The van der Waals surface area contributed by atoms with E-state index in [1.165, 1.54) is 0 Å². The minimum atomic E-state index is -1.24. The lowest BCUT2D eigenvalue weighted by atomic mass is 9.90. The van der Waals surface area contributed by atoms with Gasteiger partial charge in [0.05, 0.1) is 5.71 Å². The molecule has 0 aliphatic heterocycles. The molecule has 0 aliphatic rings. The van der Waals surface area contributed by atoms with Crippen LogP contribution in [0.1, 0.15) is 37.5 Å². The predicted octanol–water partition coefficient (Wildman–Crippen LogP) is 3.92. The largest absolute Gasteiger partial charge is 0.477 e. The molecule has 0 bridgehead atoms. The fourth-order valence-corrected chi connectivity index (χ4v) is 2.21. The first kappa shape index (κ1) is 20.1. The van der Waals surface area contributed by atoms with Gasteiger partial charge in [0.2, 0.25) is 0 Å². The van der Waals surface area contributed by atoms with Crippen LogP contribution in [0.4, 0.5) is 0 Å². The average Bonchev–Trinajstić information content (AvgIpc) is 2.62. The second kappa shape index (κ2) is 8.45. The topological polar surface area (TPSA) is 78.8 Å². The van der Waals surface area contributed by atoms with Crippen LogP contribution in [0.25, 0.3) is 0 Å². The number of ketones is 1. The van der Waals surface area contributed by atoms with Crippen molar-refractivity contribution in [2.24, 2.45) is 10.5 Å². The molecule has 0 atom stereocenters. The maximum absolute atomic E-state index is 12.2. The van der Waals surface area contributed by atoms with Gasteiger partial charge >= 0.3 is 5.97 Å². The van der Waals surface area contributed by atoms with Crippen molar-refractivity contribution in [3.63, 3.8) is 0 Å². The smallest absolute Gasteiger partial charge is 0.353 e. The Kier molecular flexibility index (Phi) is 6.29. The molecule has 0 amide bonds. The number of nitrogens with zero attached hydrogens (tertiary/aromatic N) is 1. The molecule has 0 heterocycles. The third-order valence-corrected chi connectivity index (χ3v) is 3.91. The molecule has 0 saturated carbocycles. The molecule has 0 aliphatic carbocycles. The highest BCUT2D eigenvalue weighted by Crippen LogP contribution is 2.16. The molecule has 0 saturated heterocycles. The highest BCUT2D eigenvalue weighted by atomic mass is 16.4. The van der Waals surface area contributed by atoms with Crippen molar-refractivity contribution in [2.45, 2.75) is 27.7 Å². The number of carboxylic acid groups (broad SMARTS) is 1. The van der Waals surface area contributed by atoms with Gasteiger partial charge in [0, 0.05) is 22.6 Å².